The van der Waals surface area contributed by atoms with E-state index in [1.807, 2.05) is 5.43 Å². The third-order valence-corrected chi connectivity index (χ3v) is 1.86. The summed E-state index contributed by atoms with van der Waals surface area (Å²) in [5.41, 5.74) is 2.53. The number of aromatic hydroxyl groups is 1. The van der Waals surface area contributed by atoms with Crippen LogP contribution >= 0.6 is 11.6 Å². The van der Waals surface area contributed by atoms with Gasteiger partial charge in [-0.2, -0.15) is 0 Å². The smallest absolute Gasteiger partial charge is 0.268 e. The minimum absolute atomic E-state index is 0.0764. The van der Waals surface area contributed by atoms with Crippen LogP contribution in [0.1, 0.15) is 15.9 Å². The summed E-state index contributed by atoms with van der Waals surface area (Å²) in [6.07, 6.45) is 0. The van der Waals surface area contributed by atoms with Crippen molar-refractivity contribution in [1.82, 2.24) is 5.43 Å². The monoisotopic (exact) mass is 200 g/mol. The second-order valence-electron chi connectivity index (χ2n) is 2.59. The van der Waals surface area contributed by atoms with Crippen LogP contribution < -0.4 is 11.3 Å². The zero-order valence-electron chi connectivity index (χ0n) is 6.97. The molecule has 0 spiro atoms. The van der Waals surface area contributed by atoms with E-state index in [9.17, 15) is 9.90 Å². The standard InChI is InChI=1S/C8H9ClN2O2/c1-4-2-5(9)3-6(7(4)12)8(13)11-10/h2-3,12H,10H2,1H3,(H,11,13). The topological polar surface area (TPSA) is 75.4 Å². The molecule has 0 bridgehead atoms. The summed E-state index contributed by atoms with van der Waals surface area (Å²) in [5, 5.41) is 9.83. The molecule has 1 amide bonds. The van der Waals surface area contributed by atoms with Gasteiger partial charge in [0.15, 0.2) is 0 Å². The summed E-state index contributed by atoms with van der Waals surface area (Å²) >= 11 is 5.69. The van der Waals surface area contributed by atoms with Crippen molar-refractivity contribution in [3.63, 3.8) is 0 Å². The molecule has 4 nitrogen and oxygen atoms in total. The molecule has 0 heterocycles. The number of hydrogen-bond donors (Lipinski definition) is 3. The van der Waals surface area contributed by atoms with Crippen molar-refractivity contribution in [1.29, 1.82) is 0 Å². The van der Waals surface area contributed by atoms with E-state index in [2.05, 4.69) is 0 Å². The average molecular weight is 201 g/mol. The van der Waals surface area contributed by atoms with Gasteiger partial charge in [0.2, 0.25) is 0 Å². The second kappa shape index (κ2) is 3.64. The summed E-state index contributed by atoms with van der Waals surface area (Å²) in [4.78, 5) is 11.1. The Kier molecular flexibility index (Phi) is 2.75. The third-order valence-electron chi connectivity index (χ3n) is 1.64. The van der Waals surface area contributed by atoms with Gasteiger partial charge in [-0.05, 0) is 24.6 Å². The highest BCUT2D eigenvalue weighted by Gasteiger charge is 2.12. The highest BCUT2D eigenvalue weighted by molar-refractivity contribution is 6.31. The van der Waals surface area contributed by atoms with Crippen LogP contribution in [0.15, 0.2) is 12.1 Å². The lowest BCUT2D eigenvalue weighted by molar-refractivity contribution is 0.0951. The van der Waals surface area contributed by atoms with Gasteiger partial charge in [-0.15, -0.1) is 0 Å². The van der Waals surface area contributed by atoms with Gasteiger partial charge in [-0.25, -0.2) is 5.84 Å². The Morgan fingerprint density at radius 2 is 2.23 bits per heavy atom. The normalized spacial score (nSPS) is 9.77. The van der Waals surface area contributed by atoms with Gasteiger partial charge in [0, 0.05) is 5.02 Å². The number of benzene rings is 1. The Bertz CT molecular complexity index is 352. The Labute approximate surface area is 80.3 Å². The minimum atomic E-state index is -0.567. The maximum atomic E-state index is 11.1. The van der Waals surface area contributed by atoms with E-state index in [1.54, 1.807) is 13.0 Å². The lowest BCUT2D eigenvalue weighted by Crippen LogP contribution is -2.30. The molecule has 0 aliphatic carbocycles. The summed E-state index contributed by atoms with van der Waals surface area (Å²) in [7, 11) is 0. The van der Waals surface area contributed by atoms with Crippen LogP contribution in [-0.4, -0.2) is 11.0 Å². The molecule has 0 unspecified atom stereocenters. The first-order valence-electron chi connectivity index (χ1n) is 3.56. The van der Waals surface area contributed by atoms with Crippen LogP contribution in [-0.2, 0) is 0 Å². The van der Waals surface area contributed by atoms with Crippen molar-refractivity contribution in [2.75, 3.05) is 0 Å². The Hall–Kier alpha value is -1.26. The van der Waals surface area contributed by atoms with Gasteiger partial charge in [-0.3, -0.25) is 10.2 Å². The molecule has 0 saturated heterocycles. The molecule has 13 heavy (non-hydrogen) atoms. The van der Waals surface area contributed by atoms with E-state index in [4.69, 9.17) is 17.4 Å². The summed E-state index contributed by atoms with van der Waals surface area (Å²) < 4.78 is 0. The van der Waals surface area contributed by atoms with Gasteiger partial charge in [0.25, 0.3) is 5.91 Å². The Balaban J connectivity index is 3.28. The van der Waals surface area contributed by atoms with E-state index in [-0.39, 0.29) is 11.3 Å². The zero-order valence-corrected chi connectivity index (χ0v) is 7.72. The zero-order chi connectivity index (χ0) is 10.0. The maximum Gasteiger partial charge on any atom is 0.268 e. The number of phenolic OH excluding ortho intramolecular Hbond substituents is 1. The first-order valence-corrected chi connectivity index (χ1v) is 3.94. The molecule has 0 fully saturated rings. The number of carbonyl (C=O) groups is 1. The lowest BCUT2D eigenvalue weighted by atomic mass is 10.1. The molecule has 0 aliphatic heterocycles. The van der Waals surface area contributed by atoms with Crippen molar-refractivity contribution in [2.24, 2.45) is 5.84 Å². The molecule has 0 saturated carbocycles. The average Bonchev–Trinajstić information content (AvgIpc) is 2.10. The van der Waals surface area contributed by atoms with Crippen molar-refractivity contribution >= 4 is 17.5 Å². The summed E-state index contributed by atoms with van der Waals surface area (Å²) in [6, 6.07) is 2.91. The quantitative estimate of drug-likeness (QED) is 0.359. The number of aryl methyl sites for hydroxylation is 1. The minimum Gasteiger partial charge on any atom is -0.507 e. The summed E-state index contributed by atoms with van der Waals surface area (Å²) in [5.74, 6) is 4.25. The van der Waals surface area contributed by atoms with Crippen molar-refractivity contribution in [3.8, 4) is 5.75 Å². The lowest BCUT2D eigenvalue weighted by Gasteiger charge is -2.06. The van der Waals surface area contributed by atoms with Crippen LogP contribution in [0.3, 0.4) is 0 Å². The number of nitrogens with two attached hydrogens (primary N) is 1. The highest BCUT2D eigenvalue weighted by atomic mass is 35.5. The molecular weight excluding hydrogens is 192 g/mol. The van der Waals surface area contributed by atoms with E-state index in [0.717, 1.165) is 0 Å². The Morgan fingerprint density at radius 3 is 2.77 bits per heavy atom. The number of hydrogen-bond acceptors (Lipinski definition) is 3. The molecule has 1 aromatic carbocycles. The molecular formula is C8H9ClN2O2. The van der Waals surface area contributed by atoms with Gasteiger partial charge in [0.05, 0.1) is 5.56 Å². The molecule has 0 aliphatic rings. The number of carbonyl (C=O) groups excluding carboxylic acids is 1. The van der Waals surface area contributed by atoms with E-state index < -0.39 is 5.91 Å². The number of hydrazine groups is 1. The number of rotatable bonds is 1. The number of amides is 1. The summed E-state index contributed by atoms with van der Waals surface area (Å²) in [6.45, 7) is 1.65. The predicted molar refractivity (Wildman–Crippen MR) is 49.5 cm³/mol. The number of phenols is 1. The molecule has 1 rings (SSSR count). The fourth-order valence-corrected chi connectivity index (χ4v) is 1.26. The van der Waals surface area contributed by atoms with Gasteiger partial charge in [0.1, 0.15) is 5.75 Å². The van der Waals surface area contributed by atoms with E-state index in [0.29, 0.717) is 10.6 Å². The van der Waals surface area contributed by atoms with Gasteiger partial charge in [-0.1, -0.05) is 11.6 Å². The first-order chi connectivity index (χ1) is 6.06. The van der Waals surface area contributed by atoms with Crippen LogP contribution in [0.25, 0.3) is 0 Å². The molecule has 70 valence electrons. The number of nitrogen functional groups attached to an aromatic ring is 1. The second-order valence-corrected chi connectivity index (χ2v) is 3.03. The molecule has 5 heteroatoms. The molecule has 0 aromatic heterocycles. The van der Waals surface area contributed by atoms with Gasteiger partial charge >= 0.3 is 0 Å². The van der Waals surface area contributed by atoms with E-state index in [1.165, 1.54) is 6.07 Å². The molecule has 0 atom stereocenters. The third kappa shape index (κ3) is 1.91. The molecule has 1 aromatic rings. The van der Waals surface area contributed by atoms with Crippen molar-refractivity contribution < 1.29 is 9.90 Å². The Morgan fingerprint density at radius 1 is 1.62 bits per heavy atom. The fraction of sp³-hybridized carbons (Fsp3) is 0.125. The van der Waals surface area contributed by atoms with Crippen LogP contribution in [0.5, 0.6) is 5.75 Å². The van der Waals surface area contributed by atoms with Crippen molar-refractivity contribution in [2.45, 2.75) is 6.92 Å². The van der Waals surface area contributed by atoms with Crippen molar-refractivity contribution in [3.05, 3.63) is 28.3 Å². The SMILES string of the molecule is Cc1cc(Cl)cc(C(=O)NN)c1O. The predicted octanol–water partition coefficient (Wildman–Crippen LogP) is 0.958. The van der Waals surface area contributed by atoms with Crippen LogP contribution in [0.4, 0.5) is 0 Å². The maximum absolute atomic E-state index is 11.1. The van der Waals surface area contributed by atoms with Crippen LogP contribution in [0, 0.1) is 6.92 Å². The number of halogens is 1. The molecule has 0 radical (unpaired) electrons. The van der Waals surface area contributed by atoms with Gasteiger partial charge < -0.3 is 5.11 Å². The van der Waals surface area contributed by atoms with E-state index >= 15 is 0 Å². The molecule has 4 N–H and O–H groups in total. The van der Waals surface area contributed by atoms with Crippen LogP contribution in [0.2, 0.25) is 5.02 Å². The first kappa shape index (κ1) is 9.83. The fourth-order valence-electron chi connectivity index (χ4n) is 0.986. The highest BCUT2D eigenvalue weighted by Crippen LogP contribution is 2.25. The largest absolute Gasteiger partial charge is 0.507 e. The number of nitrogens with one attached hydrogen (secondary N) is 1.